The number of hydrogen-bond donors (Lipinski definition) is 2. The van der Waals surface area contributed by atoms with E-state index in [0.717, 1.165) is 12.8 Å². The molecule has 0 bridgehead atoms. The fourth-order valence-corrected chi connectivity index (χ4v) is 2.23. The number of nitrogens with zero attached hydrogens (tertiary/aromatic N) is 1. The van der Waals surface area contributed by atoms with Crippen LogP contribution >= 0.6 is 23.2 Å². The van der Waals surface area contributed by atoms with Gasteiger partial charge in [-0.2, -0.15) is 0 Å². The Morgan fingerprint density at radius 2 is 1.88 bits per heavy atom. The van der Waals surface area contributed by atoms with Crippen molar-refractivity contribution >= 4 is 29.0 Å². The van der Waals surface area contributed by atoms with Gasteiger partial charge >= 0.3 is 0 Å². The first-order chi connectivity index (χ1) is 7.51. The fourth-order valence-electron chi connectivity index (χ4n) is 1.75. The molecular weight excluding hydrogens is 254 g/mol. The zero-order valence-electron chi connectivity index (χ0n) is 8.17. The normalized spacial score (nSPS) is 18.6. The number of oxime groups is 1. The molecule has 86 valence electrons. The Labute approximate surface area is 102 Å². The average molecular weight is 263 g/mol. The largest absolute Gasteiger partial charge is 0.409 e. The maximum atomic E-state index is 13.2. The number of amidine groups is 1. The molecule has 3 nitrogen and oxygen atoms in total. The van der Waals surface area contributed by atoms with E-state index in [-0.39, 0.29) is 15.9 Å². The molecule has 1 aliphatic rings. The number of hydrogen-bond acceptors (Lipinski definition) is 2. The van der Waals surface area contributed by atoms with E-state index in [0.29, 0.717) is 5.56 Å². The molecule has 1 aromatic carbocycles. The van der Waals surface area contributed by atoms with E-state index >= 15 is 0 Å². The van der Waals surface area contributed by atoms with Crippen molar-refractivity contribution < 1.29 is 9.60 Å². The Balaban J connectivity index is 2.50. The van der Waals surface area contributed by atoms with Crippen molar-refractivity contribution in [3.8, 4) is 0 Å². The monoisotopic (exact) mass is 262 g/mol. The lowest BCUT2D eigenvalue weighted by molar-refractivity contribution is 0.315. The van der Waals surface area contributed by atoms with Crippen molar-refractivity contribution in [2.45, 2.75) is 18.3 Å². The Morgan fingerprint density at radius 3 is 2.25 bits per heavy atom. The van der Waals surface area contributed by atoms with Gasteiger partial charge in [-0.15, -0.1) is 0 Å². The summed E-state index contributed by atoms with van der Waals surface area (Å²) in [7, 11) is 0. The Morgan fingerprint density at radius 1 is 1.38 bits per heavy atom. The molecule has 1 aliphatic carbocycles. The highest BCUT2D eigenvalue weighted by molar-refractivity contribution is 6.35. The van der Waals surface area contributed by atoms with Crippen molar-refractivity contribution in [1.29, 1.82) is 0 Å². The van der Waals surface area contributed by atoms with Crippen LogP contribution < -0.4 is 5.73 Å². The van der Waals surface area contributed by atoms with Crippen LogP contribution in [0.5, 0.6) is 0 Å². The molecule has 0 radical (unpaired) electrons. The summed E-state index contributed by atoms with van der Waals surface area (Å²) in [6, 6.07) is 2.93. The van der Waals surface area contributed by atoms with Crippen LogP contribution in [0.4, 0.5) is 4.39 Å². The SMILES string of the molecule is N/C(=N\O)C1(c2cc(Cl)c(F)c(Cl)c2)CC1. The molecule has 0 heterocycles. The van der Waals surface area contributed by atoms with Crippen LogP contribution in [0.2, 0.25) is 10.0 Å². The third-order valence-corrected chi connectivity index (χ3v) is 3.43. The van der Waals surface area contributed by atoms with Crippen LogP contribution in [0.25, 0.3) is 0 Å². The van der Waals surface area contributed by atoms with Crippen molar-refractivity contribution in [2.24, 2.45) is 10.9 Å². The maximum absolute atomic E-state index is 13.2. The minimum atomic E-state index is -0.651. The highest BCUT2D eigenvalue weighted by Gasteiger charge is 2.49. The average Bonchev–Trinajstić information content (AvgIpc) is 3.05. The first-order valence-electron chi connectivity index (χ1n) is 4.64. The smallest absolute Gasteiger partial charge is 0.160 e. The summed E-state index contributed by atoms with van der Waals surface area (Å²) in [6.45, 7) is 0. The number of rotatable bonds is 2. The summed E-state index contributed by atoms with van der Waals surface area (Å²) in [5.74, 6) is -0.548. The minimum absolute atomic E-state index is 0.0560. The molecule has 1 aromatic rings. The van der Waals surface area contributed by atoms with Gasteiger partial charge in [0.05, 0.1) is 15.5 Å². The van der Waals surface area contributed by atoms with Gasteiger partial charge in [0.25, 0.3) is 0 Å². The molecule has 0 unspecified atom stereocenters. The second-order valence-electron chi connectivity index (χ2n) is 3.82. The van der Waals surface area contributed by atoms with Gasteiger partial charge in [-0.3, -0.25) is 0 Å². The van der Waals surface area contributed by atoms with E-state index in [1.54, 1.807) is 0 Å². The molecule has 0 aliphatic heterocycles. The lowest BCUT2D eigenvalue weighted by Crippen LogP contribution is -2.28. The van der Waals surface area contributed by atoms with Gasteiger partial charge in [0.1, 0.15) is 5.84 Å². The number of benzene rings is 1. The molecule has 1 saturated carbocycles. The fraction of sp³-hybridized carbons (Fsp3) is 0.300. The molecule has 2 rings (SSSR count). The van der Waals surface area contributed by atoms with Crippen LogP contribution in [0, 0.1) is 5.82 Å². The summed E-state index contributed by atoms with van der Waals surface area (Å²) in [5, 5.41) is 11.6. The van der Waals surface area contributed by atoms with Crippen molar-refractivity contribution in [2.75, 3.05) is 0 Å². The predicted octanol–water partition coefficient (Wildman–Crippen LogP) is 2.91. The molecule has 0 aromatic heterocycles. The molecule has 0 amide bonds. The van der Waals surface area contributed by atoms with E-state index in [4.69, 9.17) is 34.1 Å². The predicted molar refractivity (Wildman–Crippen MR) is 60.7 cm³/mol. The van der Waals surface area contributed by atoms with Crippen LogP contribution in [0.1, 0.15) is 18.4 Å². The van der Waals surface area contributed by atoms with Gasteiger partial charge in [-0.05, 0) is 30.5 Å². The van der Waals surface area contributed by atoms with Gasteiger partial charge in [-0.25, -0.2) is 4.39 Å². The summed E-state index contributed by atoms with van der Waals surface area (Å²) >= 11 is 11.4. The first-order valence-corrected chi connectivity index (χ1v) is 5.40. The van der Waals surface area contributed by atoms with Crippen LogP contribution in [0.3, 0.4) is 0 Å². The van der Waals surface area contributed by atoms with E-state index in [2.05, 4.69) is 5.16 Å². The quantitative estimate of drug-likeness (QED) is 0.283. The topological polar surface area (TPSA) is 58.6 Å². The molecule has 0 spiro atoms. The number of nitrogens with two attached hydrogens (primary N) is 1. The maximum Gasteiger partial charge on any atom is 0.160 e. The Kier molecular flexibility index (Phi) is 2.72. The van der Waals surface area contributed by atoms with Crippen LogP contribution in [-0.4, -0.2) is 11.0 Å². The van der Waals surface area contributed by atoms with E-state index in [9.17, 15) is 4.39 Å². The van der Waals surface area contributed by atoms with Crippen LogP contribution in [0.15, 0.2) is 17.3 Å². The van der Waals surface area contributed by atoms with Crippen LogP contribution in [-0.2, 0) is 5.41 Å². The van der Waals surface area contributed by atoms with E-state index in [1.807, 2.05) is 0 Å². The minimum Gasteiger partial charge on any atom is -0.409 e. The highest BCUT2D eigenvalue weighted by Crippen LogP contribution is 2.49. The van der Waals surface area contributed by atoms with Crippen molar-refractivity contribution in [3.63, 3.8) is 0 Å². The zero-order valence-corrected chi connectivity index (χ0v) is 9.69. The second kappa shape index (κ2) is 3.79. The molecular formula is C10H9Cl2FN2O. The van der Waals surface area contributed by atoms with Crippen molar-refractivity contribution in [3.05, 3.63) is 33.6 Å². The summed E-state index contributed by atoms with van der Waals surface area (Å²) in [4.78, 5) is 0. The van der Waals surface area contributed by atoms with Gasteiger partial charge in [0.15, 0.2) is 5.82 Å². The molecule has 0 saturated heterocycles. The van der Waals surface area contributed by atoms with E-state index < -0.39 is 11.2 Å². The zero-order chi connectivity index (χ0) is 11.9. The highest BCUT2D eigenvalue weighted by atomic mass is 35.5. The first kappa shape index (κ1) is 11.5. The third kappa shape index (κ3) is 1.62. The Bertz CT molecular complexity index is 449. The lowest BCUT2D eigenvalue weighted by atomic mass is 9.95. The summed E-state index contributed by atoms with van der Waals surface area (Å²) in [5.41, 5.74) is 5.75. The summed E-state index contributed by atoms with van der Waals surface area (Å²) < 4.78 is 13.2. The van der Waals surface area contributed by atoms with Gasteiger partial charge < -0.3 is 10.9 Å². The molecule has 16 heavy (non-hydrogen) atoms. The lowest BCUT2D eigenvalue weighted by Gasteiger charge is -2.14. The summed E-state index contributed by atoms with van der Waals surface area (Å²) in [6.07, 6.45) is 1.47. The molecule has 0 atom stereocenters. The van der Waals surface area contributed by atoms with E-state index in [1.165, 1.54) is 12.1 Å². The molecule has 3 N–H and O–H groups in total. The molecule has 6 heteroatoms. The number of halogens is 3. The van der Waals surface area contributed by atoms with Gasteiger partial charge in [0.2, 0.25) is 0 Å². The van der Waals surface area contributed by atoms with Gasteiger partial charge in [-0.1, -0.05) is 28.4 Å². The standard InChI is InChI=1S/C10H9Cl2FN2O/c11-6-3-5(4-7(12)8(6)13)10(1-2-10)9(14)15-16/h3-4,16H,1-2H2,(H2,14,15). The van der Waals surface area contributed by atoms with Gasteiger partial charge in [0, 0.05) is 0 Å². The molecule has 1 fully saturated rings. The second-order valence-corrected chi connectivity index (χ2v) is 4.64. The third-order valence-electron chi connectivity index (χ3n) is 2.88. The Hall–Kier alpha value is -1.00. The van der Waals surface area contributed by atoms with Crippen molar-refractivity contribution in [1.82, 2.24) is 0 Å².